The number of aliphatic hydroxyl groups is 1. The number of fused-ring (bicyclic) bond motifs is 1. The van der Waals surface area contributed by atoms with E-state index in [9.17, 15) is 14.7 Å². The topological polar surface area (TPSA) is 73.7 Å². The van der Waals surface area contributed by atoms with Crippen LogP contribution in [0.4, 0.5) is 0 Å². The Morgan fingerprint density at radius 3 is 2.93 bits per heavy atom. The Balaban J connectivity index is 1.53. The van der Waals surface area contributed by atoms with Gasteiger partial charge >= 0.3 is 0 Å². The van der Waals surface area contributed by atoms with E-state index in [1.54, 1.807) is 11.1 Å². The standard InChI is InChI=1S/C21H25N3O3/c25-11-10-23-14-21(8-6-19(23)26)7-3-9-24(15-21)20(27)17-12-16-4-1-2-5-18(16)22-13-17/h1-2,4-5,12-13,25H,3,6-11,14-15H2/t21-/m1/s1. The molecule has 0 radical (unpaired) electrons. The van der Waals surface area contributed by atoms with Crippen molar-refractivity contribution in [1.82, 2.24) is 14.8 Å². The summed E-state index contributed by atoms with van der Waals surface area (Å²) in [5, 5.41) is 10.2. The van der Waals surface area contributed by atoms with Gasteiger partial charge < -0.3 is 14.9 Å². The second-order valence-corrected chi connectivity index (χ2v) is 7.79. The summed E-state index contributed by atoms with van der Waals surface area (Å²) in [5.74, 6) is 0.120. The number of carbonyl (C=O) groups is 2. The molecule has 0 saturated carbocycles. The van der Waals surface area contributed by atoms with Crippen LogP contribution in [0.1, 0.15) is 36.0 Å². The highest BCUT2D eigenvalue weighted by atomic mass is 16.3. The minimum Gasteiger partial charge on any atom is -0.395 e. The van der Waals surface area contributed by atoms with Crippen molar-refractivity contribution in [1.29, 1.82) is 0 Å². The number of β-amino-alcohol motifs (C(OH)–C–C–N with tert-alkyl or cyclic N) is 1. The second kappa shape index (κ2) is 7.27. The molecule has 2 aromatic rings. The molecular weight excluding hydrogens is 342 g/mol. The number of piperidine rings is 2. The molecule has 1 atom stereocenters. The van der Waals surface area contributed by atoms with Gasteiger partial charge in [-0.25, -0.2) is 0 Å². The maximum Gasteiger partial charge on any atom is 0.255 e. The fraction of sp³-hybridized carbons (Fsp3) is 0.476. The van der Waals surface area contributed by atoms with Crippen molar-refractivity contribution in [3.63, 3.8) is 0 Å². The molecule has 3 heterocycles. The van der Waals surface area contributed by atoms with E-state index in [0.717, 1.165) is 36.7 Å². The lowest BCUT2D eigenvalue weighted by Gasteiger charge is -2.48. The molecule has 2 fully saturated rings. The average Bonchev–Trinajstić information content (AvgIpc) is 2.70. The van der Waals surface area contributed by atoms with E-state index in [0.29, 0.717) is 31.6 Å². The largest absolute Gasteiger partial charge is 0.395 e. The maximum atomic E-state index is 13.1. The van der Waals surface area contributed by atoms with E-state index in [-0.39, 0.29) is 23.8 Å². The summed E-state index contributed by atoms with van der Waals surface area (Å²) < 4.78 is 0. The predicted molar refractivity (Wildman–Crippen MR) is 102 cm³/mol. The number of pyridine rings is 1. The van der Waals surface area contributed by atoms with Gasteiger partial charge in [0.1, 0.15) is 0 Å². The van der Waals surface area contributed by atoms with Crippen LogP contribution in [0.3, 0.4) is 0 Å². The summed E-state index contributed by atoms with van der Waals surface area (Å²) in [5.41, 5.74) is 1.45. The number of hydrogen-bond acceptors (Lipinski definition) is 4. The van der Waals surface area contributed by atoms with Crippen LogP contribution in [0.2, 0.25) is 0 Å². The van der Waals surface area contributed by atoms with Gasteiger partial charge in [0.05, 0.1) is 17.7 Å². The number of nitrogens with zero attached hydrogens (tertiary/aromatic N) is 3. The Bertz CT molecular complexity index is 869. The molecule has 2 amide bonds. The number of aliphatic hydroxyl groups excluding tert-OH is 1. The molecule has 1 aromatic carbocycles. The molecule has 2 aliphatic heterocycles. The Hall–Kier alpha value is -2.47. The first-order valence-corrected chi connectivity index (χ1v) is 9.63. The molecule has 4 rings (SSSR count). The van der Waals surface area contributed by atoms with Crippen molar-refractivity contribution in [2.75, 3.05) is 32.8 Å². The van der Waals surface area contributed by atoms with Crippen LogP contribution in [-0.4, -0.2) is 64.5 Å². The zero-order valence-corrected chi connectivity index (χ0v) is 15.4. The van der Waals surface area contributed by atoms with Crippen molar-refractivity contribution in [3.05, 3.63) is 42.1 Å². The van der Waals surface area contributed by atoms with Crippen molar-refractivity contribution in [3.8, 4) is 0 Å². The lowest BCUT2D eigenvalue weighted by atomic mass is 9.73. The molecule has 2 aliphatic rings. The van der Waals surface area contributed by atoms with E-state index in [1.807, 2.05) is 35.2 Å². The first kappa shape index (κ1) is 17.9. The summed E-state index contributed by atoms with van der Waals surface area (Å²) in [6, 6.07) is 9.70. The number of hydrogen-bond donors (Lipinski definition) is 1. The van der Waals surface area contributed by atoms with Crippen molar-refractivity contribution >= 4 is 22.7 Å². The monoisotopic (exact) mass is 367 g/mol. The fourth-order valence-electron chi connectivity index (χ4n) is 4.51. The summed E-state index contributed by atoms with van der Waals surface area (Å²) in [7, 11) is 0. The molecule has 6 heteroatoms. The van der Waals surface area contributed by atoms with Gasteiger partial charge in [0.25, 0.3) is 5.91 Å². The van der Waals surface area contributed by atoms with Gasteiger partial charge in [0, 0.05) is 49.6 Å². The lowest BCUT2D eigenvalue weighted by molar-refractivity contribution is -0.139. The number of benzene rings is 1. The zero-order chi connectivity index (χ0) is 18.9. The van der Waals surface area contributed by atoms with Crippen LogP contribution in [-0.2, 0) is 4.79 Å². The van der Waals surface area contributed by atoms with Gasteiger partial charge in [-0.3, -0.25) is 14.6 Å². The molecule has 27 heavy (non-hydrogen) atoms. The predicted octanol–water partition coefficient (Wildman–Crippen LogP) is 2.07. The summed E-state index contributed by atoms with van der Waals surface area (Å²) in [6.07, 6.45) is 4.93. The normalized spacial score (nSPS) is 23.2. The first-order valence-electron chi connectivity index (χ1n) is 9.63. The Morgan fingerprint density at radius 1 is 1.22 bits per heavy atom. The summed E-state index contributed by atoms with van der Waals surface area (Å²) >= 11 is 0. The molecular formula is C21H25N3O3. The highest BCUT2D eigenvalue weighted by Crippen LogP contribution is 2.39. The van der Waals surface area contributed by atoms with E-state index in [4.69, 9.17) is 0 Å². The first-order chi connectivity index (χ1) is 13.1. The third-order valence-electron chi connectivity index (χ3n) is 5.90. The zero-order valence-electron chi connectivity index (χ0n) is 15.4. The van der Waals surface area contributed by atoms with E-state index < -0.39 is 0 Å². The number of para-hydroxylation sites is 1. The molecule has 0 unspecified atom stereocenters. The highest BCUT2D eigenvalue weighted by molar-refractivity contribution is 5.97. The molecule has 1 spiro atoms. The van der Waals surface area contributed by atoms with Crippen LogP contribution < -0.4 is 0 Å². The van der Waals surface area contributed by atoms with Crippen LogP contribution >= 0.6 is 0 Å². The van der Waals surface area contributed by atoms with Gasteiger partial charge in [-0.1, -0.05) is 18.2 Å². The van der Waals surface area contributed by atoms with Crippen molar-refractivity contribution < 1.29 is 14.7 Å². The van der Waals surface area contributed by atoms with Gasteiger partial charge in [0.2, 0.25) is 5.91 Å². The minimum absolute atomic E-state index is 0.0120. The van der Waals surface area contributed by atoms with Gasteiger partial charge in [-0.05, 0) is 31.4 Å². The van der Waals surface area contributed by atoms with Crippen LogP contribution in [0, 0.1) is 5.41 Å². The Kier molecular flexibility index (Phi) is 4.83. The van der Waals surface area contributed by atoms with Crippen LogP contribution in [0.5, 0.6) is 0 Å². The van der Waals surface area contributed by atoms with Gasteiger partial charge in [0.15, 0.2) is 0 Å². The average molecular weight is 367 g/mol. The van der Waals surface area contributed by atoms with Crippen LogP contribution in [0.25, 0.3) is 10.9 Å². The number of rotatable bonds is 3. The van der Waals surface area contributed by atoms with E-state index >= 15 is 0 Å². The summed E-state index contributed by atoms with van der Waals surface area (Å²) in [4.78, 5) is 33.3. The number of aromatic nitrogens is 1. The Labute approximate surface area is 158 Å². The third-order valence-corrected chi connectivity index (χ3v) is 5.90. The smallest absolute Gasteiger partial charge is 0.255 e. The lowest BCUT2D eigenvalue weighted by Crippen LogP contribution is -2.55. The molecule has 2 saturated heterocycles. The second-order valence-electron chi connectivity index (χ2n) is 7.79. The molecule has 0 aliphatic carbocycles. The van der Waals surface area contributed by atoms with Gasteiger partial charge in [-0.2, -0.15) is 0 Å². The molecule has 6 nitrogen and oxygen atoms in total. The van der Waals surface area contributed by atoms with Gasteiger partial charge in [-0.15, -0.1) is 0 Å². The Morgan fingerprint density at radius 2 is 2.07 bits per heavy atom. The maximum absolute atomic E-state index is 13.1. The molecule has 1 aromatic heterocycles. The fourth-order valence-corrected chi connectivity index (χ4v) is 4.51. The van der Waals surface area contributed by atoms with Crippen molar-refractivity contribution in [2.45, 2.75) is 25.7 Å². The minimum atomic E-state index is -0.0543. The molecule has 1 N–H and O–H groups in total. The molecule has 142 valence electrons. The molecule has 0 bridgehead atoms. The van der Waals surface area contributed by atoms with E-state index in [1.165, 1.54) is 0 Å². The number of amides is 2. The number of likely N-dealkylation sites (tertiary alicyclic amines) is 2. The highest BCUT2D eigenvalue weighted by Gasteiger charge is 2.42. The van der Waals surface area contributed by atoms with E-state index in [2.05, 4.69) is 4.98 Å². The summed E-state index contributed by atoms with van der Waals surface area (Å²) in [6.45, 7) is 2.39. The number of carbonyl (C=O) groups excluding carboxylic acids is 2. The van der Waals surface area contributed by atoms with Crippen LogP contribution in [0.15, 0.2) is 36.5 Å². The quantitative estimate of drug-likeness (QED) is 0.901. The SMILES string of the molecule is O=C1CC[C@]2(CCCN(C(=O)c3cnc4ccccc4c3)C2)CN1CCO. The third kappa shape index (κ3) is 3.54. The van der Waals surface area contributed by atoms with Crippen molar-refractivity contribution in [2.24, 2.45) is 5.41 Å².